The van der Waals surface area contributed by atoms with Crippen molar-refractivity contribution in [1.82, 2.24) is 19.6 Å². The average molecular weight is 406 g/mol. The Morgan fingerprint density at radius 2 is 1.90 bits per heavy atom. The lowest BCUT2D eigenvalue weighted by Gasteiger charge is -2.15. The van der Waals surface area contributed by atoms with Crippen LogP contribution in [0.3, 0.4) is 0 Å². The molecule has 0 atom stereocenters. The zero-order valence-electron chi connectivity index (χ0n) is 16.8. The third kappa shape index (κ3) is 4.01. The van der Waals surface area contributed by atoms with Crippen molar-refractivity contribution in [3.05, 3.63) is 81.5 Å². The quantitative estimate of drug-likeness (QED) is 0.517. The van der Waals surface area contributed by atoms with E-state index in [9.17, 15) is 14.9 Å². The number of benzene rings is 2. The van der Waals surface area contributed by atoms with Crippen LogP contribution in [-0.4, -0.2) is 44.6 Å². The number of hydrogen-bond donors (Lipinski definition) is 1. The number of carbonyl (C=O) groups excluding carboxylic acids is 1. The molecular formula is C21H22N6O3. The number of nitrogens with one attached hydrogen (secondary N) is 1. The number of nitro groups is 1. The molecule has 0 radical (unpaired) electrons. The van der Waals surface area contributed by atoms with Crippen LogP contribution in [0.2, 0.25) is 0 Å². The fourth-order valence-corrected chi connectivity index (χ4v) is 3.54. The molecule has 3 aromatic rings. The minimum atomic E-state index is -0.547. The molecule has 0 fully saturated rings. The van der Waals surface area contributed by atoms with Gasteiger partial charge >= 0.3 is 11.7 Å². The average Bonchev–Trinajstić information content (AvgIpc) is 3.32. The summed E-state index contributed by atoms with van der Waals surface area (Å²) in [5, 5.41) is 18.3. The summed E-state index contributed by atoms with van der Waals surface area (Å²) in [4.78, 5) is 27.4. The standard InChI is InChI=1S/C21H22N6O3/c1-24(2)11-15-8-9-16-12-25(13-17(16)10-15)21(28)22-20-19(27(29)30)14-26(23-20)18-6-4-3-5-7-18/h3-10,14H,11-13H2,1-2H3,(H,22,23,28). The minimum Gasteiger partial charge on any atom is -0.316 e. The second kappa shape index (κ2) is 7.96. The van der Waals surface area contributed by atoms with E-state index in [2.05, 4.69) is 27.4 Å². The number of aromatic nitrogens is 2. The molecule has 9 nitrogen and oxygen atoms in total. The van der Waals surface area contributed by atoms with Gasteiger partial charge in [0.15, 0.2) is 0 Å². The molecule has 0 spiro atoms. The molecule has 1 aliphatic heterocycles. The number of hydrogen-bond acceptors (Lipinski definition) is 5. The Hall–Kier alpha value is -3.72. The summed E-state index contributed by atoms with van der Waals surface area (Å²) >= 11 is 0. The Morgan fingerprint density at radius 1 is 1.17 bits per heavy atom. The summed E-state index contributed by atoms with van der Waals surface area (Å²) in [6.45, 7) is 1.73. The molecule has 9 heteroatoms. The van der Waals surface area contributed by atoms with E-state index >= 15 is 0 Å². The van der Waals surface area contributed by atoms with Crippen molar-refractivity contribution in [3.8, 4) is 5.69 Å². The summed E-state index contributed by atoms with van der Waals surface area (Å²) in [5.74, 6) is -0.0712. The van der Waals surface area contributed by atoms with E-state index in [1.807, 2.05) is 38.4 Å². The fraction of sp³-hybridized carbons (Fsp3) is 0.238. The predicted octanol–water partition coefficient (Wildman–Crippen LogP) is 3.39. The van der Waals surface area contributed by atoms with E-state index in [1.165, 1.54) is 16.4 Å². The number of urea groups is 1. The normalized spacial score (nSPS) is 12.8. The molecule has 1 aromatic heterocycles. The molecule has 0 aliphatic carbocycles. The van der Waals surface area contributed by atoms with Crippen LogP contribution >= 0.6 is 0 Å². The van der Waals surface area contributed by atoms with Gasteiger partial charge in [0.2, 0.25) is 5.82 Å². The highest BCUT2D eigenvalue weighted by molar-refractivity contribution is 5.90. The molecule has 2 heterocycles. The summed E-state index contributed by atoms with van der Waals surface area (Å²) in [6.07, 6.45) is 1.30. The fourth-order valence-electron chi connectivity index (χ4n) is 3.54. The minimum absolute atomic E-state index is 0.0712. The van der Waals surface area contributed by atoms with Crippen molar-refractivity contribution < 1.29 is 9.72 Å². The van der Waals surface area contributed by atoms with E-state index in [0.29, 0.717) is 18.8 Å². The second-order valence-electron chi connectivity index (χ2n) is 7.53. The Kier molecular flexibility index (Phi) is 5.20. The van der Waals surface area contributed by atoms with Gasteiger partial charge in [0.1, 0.15) is 6.20 Å². The summed E-state index contributed by atoms with van der Waals surface area (Å²) in [6, 6.07) is 14.8. The van der Waals surface area contributed by atoms with Crippen LogP contribution < -0.4 is 5.32 Å². The van der Waals surface area contributed by atoms with Gasteiger partial charge in [-0.3, -0.25) is 15.4 Å². The third-order valence-corrected chi connectivity index (χ3v) is 4.92. The van der Waals surface area contributed by atoms with E-state index < -0.39 is 11.0 Å². The van der Waals surface area contributed by atoms with Gasteiger partial charge in [-0.05, 0) is 42.9 Å². The number of rotatable bonds is 5. The molecule has 154 valence electrons. The first-order valence-corrected chi connectivity index (χ1v) is 9.51. The Labute approximate surface area is 173 Å². The molecule has 0 unspecified atom stereocenters. The van der Waals surface area contributed by atoms with Crippen LogP contribution in [0.4, 0.5) is 16.3 Å². The smallest absolute Gasteiger partial charge is 0.316 e. The lowest BCUT2D eigenvalue weighted by atomic mass is 10.1. The van der Waals surface area contributed by atoms with Gasteiger partial charge < -0.3 is 9.80 Å². The van der Waals surface area contributed by atoms with Crippen molar-refractivity contribution in [2.75, 3.05) is 19.4 Å². The Bertz CT molecular complexity index is 1090. The first kappa shape index (κ1) is 19.6. The van der Waals surface area contributed by atoms with Crippen molar-refractivity contribution in [1.29, 1.82) is 0 Å². The SMILES string of the molecule is CN(C)Cc1ccc2c(c1)CN(C(=O)Nc1nn(-c3ccccc3)cc1[N+](=O)[O-])C2. The number of anilines is 1. The van der Waals surface area contributed by atoms with Gasteiger partial charge in [0, 0.05) is 19.6 Å². The van der Waals surface area contributed by atoms with Gasteiger partial charge in [-0.1, -0.05) is 36.4 Å². The topological polar surface area (TPSA) is 96.5 Å². The van der Waals surface area contributed by atoms with Gasteiger partial charge in [0.05, 0.1) is 10.6 Å². The largest absolute Gasteiger partial charge is 0.331 e. The monoisotopic (exact) mass is 406 g/mol. The van der Waals surface area contributed by atoms with E-state index in [1.54, 1.807) is 17.0 Å². The lowest BCUT2D eigenvalue weighted by molar-refractivity contribution is -0.384. The molecular weight excluding hydrogens is 384 g/mol. The first-order chi connectivity index (χ1) is 14.4. The number of amides is 2. The number of carbonyl (C=O) groups is 1. The highest BCUT2D eigenvalue weighted by Gasteiger charge is 2.27. The summed E-state index contributed by atoms with van der Waals surface area (Å²) in [7, 11) is 4.02. The highest BCUT2D eigenvalue weighted by Crippen LogP contribution is 2.28. The molecule has 1 N–H and O–H groups in total. The van der Waals surface area contributed by atoms with Crippen LogP contribution in [0.15, 0.2) is 54.7 Å². The maximum absolute atomic E-state index is 12.8. The van der Waals surface area contributed by atoms with E-state index in [0.717, 1.165) is 17.7 Å². The number of para-hydroxylation sites is 1. The number of fused-ring (bicyclic) bond motifs is 1. The van der Waals surface area contributed by atoms with Gasteiger partial charge in [0.25, 0.3) is 0 Å². The van der Waals surface area contributed by atoms with Crippen LogP contribution in [0.25, 0.3) is 5.69 Å². The maximum Gasteiger partial charge on any atom is 0.331 e. The zero-order chi connectivity index (χ0) is 21.3. The molecule has 2 aromatic carbocycles. The molecule has 4 rings (SSSR count). The molecule has 30 heavy (non-hydrogen) atoms. The number of nitrogens with zero attached hydrogens (tertiary/aromatic N) is 5. The second-order valence-corrected chi connectivity index (χ2v) is 7.53. The molecule has 0 saturated heterocycles. The molecule has 0 bridgehead atoms. The Balaban J connectivity index is 1.51. The van der Waals surface area contributed by atoms with Gasteiger partial charge in [-0.15, -0.1) is 5.10 Å². The first-order valence-electron chi connectivity index (χ1n) is 9.51. The van der Waals surface area contributed by atoms with Crippen LogP contribution in [0.1, 0.15) is 16.7 Å². The third-order valence-electron chi connectivity index (χ3n) is 4.92. The predicted molar refractivity (Wildman–Crippen MR) is 112 cm³/mol. The van der Waals surface area contributed by atoms with Gasteiger partial charge in [-0.2, -0.15) is 0 Å². The summed E-state index contributed by atoms with van der Waals surface area (Å²) < 4.78 is 1.39. The van der Waals surface area contributed by atoms with Crippen molar-refractivity contribution in [2.45, 2.75) is 19.6 Å². The van der Waals surface area contributed by atoms with Crippen LogP contribution in [0, 0.1) is 10.1 Å². The van der Waals surface area contributed by atoms with Crippen LogP contribution in [-0.2, 0) is 19.6 Å². The molecule has 0 saturated carbocycles. The van der Waals surface area contributed by atoms with Crippen molar-refractivity contribution in [3.63, 3.8) is 0 Å². The zero-order valence-corrected chi connectivity index (χ0v) is 16.8. The van der Waals surface area contributed by atoms with Crippen molar-refractivity contribution >= 4 is 17.5 Å². The van der Waals surface area contributed by atoms with E-state index in [4.69, 9.17) is 0 Å². The van der Waals surface area contributed by atoms with Gasteiger partial charge in [-0.25, -0.2) is 9.48 Å². The highest BCUT2D eigenvalue weighted by atomic mass is 16.6. The molecule has 1 aliphatic rings. The van der Waals surface area contributed by atoms with Crippen molar-refractivity contribution in [2.24, 2.45) is 0 Å². The maximum atomic E-state index is 12.8. The molecule has 2 amide bonds. The summed E-state index contributed by atoms with van der Waals surface area (Å²) in [5.41, 5.74) is 3.77. The van der Waals surface area contributed by atoms with Crippen LogP contribution in [0.5, 0.6) is 0 Å². The Morgan fingerprint density at radius 3 is 2.60 bits per heavy atom. The van der Waals surface area contributed by atoms with E-state index in [-0.39, 0.29) is 11.5 Å². The lowest BCUT2D eigenvalue weighted by Crippen LogP contribution is -2.30.